The second kappa shape index (κ2) is 6.45. The van der Waals surface area contributed by atoms with Gasteiger partial charge in [0.1, 0.15) is 0 Å². The minimum absolute atomic E-state index is 0.813. The first-order valence-electron chi connectivity index (χ1n) is 6.78. The van der Waals surface area contributed by atoms with E-state index in [1.807, 2.05) is 25.1 Å². The van der Waals surface area contributed by atoms with Crippen molar-refractivity contribution in [1.82, 2.24) is 4.90 Å². The van der Waals surface area contributed by atoms with Crippen LogP contribution in [0.1, 0.15) is 25.3 Å². The molecule has 3 heteroatoms. The van der Waals surface area contributed by atoms with E-state index in [1.165, 1.54) is 37.2 Å². The number of hydrogen-bond acceptors (Lipinski definition) is 3. The quantitative estimate of drug-likeness (QED) is 0.784. The summed E-state index contributed by atoms with van der Waals surface area (Å²) in [6.07, 6.45) is 6.84. The van der Waals surface area contributed by atoms with Gasteiger partial charge in [0.15, 0.2) is 0 Å². The predicted octanol–water partition coefficient (Wildman–Crippen LogP) is 2.81. The van der Waals surface area contributed by atoms with Gasteiger partial charge in [-0.05, 0) is 56.6 Å². The maximum atomic E-state index is 5.82. The number of allylic oxidation sites excluding steroid dienone is 1. The van der Waals surface area contributed by atoms with E-state index in [9.17, 15) is 0 Å². The summed E-state index contributed by atoms with van der Waals surface area (Å²) in [5.74, 6) is 0. The topological polar surface area (TPSA) is 41.3 Å². The lowest BCUT2D eigenvalue weighted by atomic mass is 10.1. The molecule has 1 fully saturated rings. The summed E-state index contributed by atoms with van der Waals surface area (Å²) in [4.78, 5) is 2.51. The zero-order chi connectivity index (χ0) is 12.8. The molecule has 2 rings (SSSR count). The second-order valence-corrected chi connectivity index (χ2v) is 4.82. The lowest BCUT2D eigenvalue weighted by Crippen LogP contribution is -2.26. The molecule has 0 unspecified atom stereocenters. The molecule has 1 aromatic rings. The number of rotatable bonds is 5. The normalized spacial score (nSPS) is 16.5. The van der Waals surface area contributed by atoms with E-state index in [1.54, 1.807) is 0 Å². The van der Waals surface area contributed by atoms with E-state index >= 15 is 0 Å². The van der Waals surface area contributed by atoms with Gasteiger partial charge in [-0.1, -0.05) is 12.2 Å². The molecule has 98 valence electrons. The Hall–Kier alpha value is -1.48. The van der Waals surface area contributed by atoms with Gasteiger partial charge in [0, 0.05) is 24.5 Å². The molecular formula is C15H23N3. The van der Waals surface area contributed by atoms with Crippen LogP contribution in [0.25, 0.3) is 6.08 Å². The van der Waals surface area contributed by atoms with Crippen LogP contribution in [0.3, 0.4) is 0 Å². The molecule has 1 saturated heterocycles. The molecule has 0 saturated carbocycles. The number of benzene rings is 1. The molecule has 0 spiro atoms. The molecular weight excluding hydrogens is 222 g/mol. The summed E-state index contributed by atoms with van der Waals surface area (Å²) in [7, 11) is 0. The van der Waals surface area contributed by atoms with Crippen molar-refractivity contribution in [2.24, 2.45) is 0 Å². The summed E-state index contributed by atoms with van der Waals surface area (Å²) in [6.45, 7) is 6.65. The van der Waals surface area contributed by atoms with Crippen LogP contribution >= 0.6 is 0 Å². The summed E-state index contributed by atoms with van der Waals surface area (Å²) < 4.78 is 0. The SMILES string of the molecule is C/C=C/c1cc(N)ccc1NCCN1CCCC1. The first-order valence-corrected chi connectivity index (χ1v) is 6.78. The molecule has 1 heterocycles. The monoisotopic (exact) mass is 245 g/mol. The Morgan fingerprint density at radius 3 is 2.83 bits per heavy atom. The van der Waals surface area contributed by atoms with Gasteiger partial charge in [-0.15, -0.1) is 0 Å². The summed E-state index contributed by atoms with van der Waals surface area (Å²) in [5.41, 5.74) is 8.96. The largest absolute Gasteiger partial charge is 0.399 e. The van der Waals surface area contributed by atoms with Gasteiger partial charge in [-0.3, -0.25) is 0 Å². The second-order valence-electron chi connectivity index (χ2n) is 4.82. The first kappa shape index (κ1) is 13.0. The van der Waals surface area contributed by atoms with Crippen molar-refractivity contribution < 1.29 is 0 Å². The van der Waals surface area contributed by atoms with Gasteiger partial charge in [-0.25, -0.2) is 0 Å². The van der Waals surface area contributed by atoms with Crippen LogP contribution < -0.4 is 11.1 Å². The molecule has 1 aliphatic heterocycles. The molecule has 18 heavy (non-hydrogen) atoms. The van der Waals surface area contributed by atoms with Crippen molar-refractivity contribution >= 4 is 17.5 Å². The van der Waals surface area contributed by atoms with Crippen molar-refractivity contribution in [2.45, 2.75) is 19.8 Å². The summed E-state index contributed by atoms with van der Waals surface area (Å²) >= 11 is 0. The zero-order valence-corrected chi connectivity index (χ0v) is 11.2. The fraction of sp³-hybridized carbons (Fsp3) is 0.467. The fourth-order valence-electron chi connectivity index (χ4n) is 2.41. The van der Waals surface area contributed by atoms with Gasteiger partial charge < -0.3 is 16.0 Å². The highest BCUT2D eigenvalue weighted by atomic mass is 15.1. The van der Waals surface area contributed by atoms with E-state index < -0.39 is 0 Å². The van der Waals surface area contributed by atoms with Crippen LogP contribution in [0, 0.1) is 0 Å². The van der Waals surface area contributed by atoms with Crippen LogP contribution in [-0.2, 0) is 0 Å². The first-order chi connectivity index (χ1) is 8.79. The van der Waals surface area contributed by atoms with E-state index in [-0.39, 0.29) is 0 Å². The average Bonchev–Trinajstić information content (AvgIpc) is 2.85. The Bertz CT molecular complexity index is 406. The number of anilines is 2. The molecule has 3 nitrogen and oxygen atoms in total. The Labute approximate surface area is 110 Å². The number of hydrogen-bond donors (Lipinski definition) is 2. The standard InChI is InChI=1S/C15H23N3/c1-2-5-13-12-14(16)6-7-15(13)17-8-11-18-9-3-4-10-18/h2,5-7,12,17H,3-4,8-11,16H2,1H3/b5-2+. The highest BCUT2D eigenvalue weighted by Gasteiger charge is 2.10. The lowest BCUT2D eigenvalue weighted by Gasteiger charge is -2.16. The molecule has 1 aliphatic rings. The van der Waals surface area contributed by atoms with E-state index in [4.69, 9.17) is 5.73 Å². The number of nitrogens with two attached hydrogens (primary N) is 1. The highest BCUT2D eigenvalue weighted by Crippen LogP contribution is 2.20. The Morgan fingerprint density at radius 1 is 1.33 bits per heavy atom. The van der Waals surface area contributed by atoms with Crippen LogP contribution in [0.2, 0.25) is 0 Å². The fourth-order valence-corrected chi connectivity index (χ4v) is 2.41. The van der Waals surface area contributed by atoms with Crippen molar-refractivity contribution in [2.75, 3.05) is 37.2 Å². The van der Waals surface area contributed by atoms with Crippen LogP contribution in [0.4, 0.5) is 11.4 Å². The molecule has 3 N–H and O–H groups in total. The third kappa shape index (κ3) is 3.50. The third-order valence-electron chi connectivity index (χ3n) is 3.36. The molecule has 0 aromatic heterocycles. The van der Waals surface area contributed by atoms with Gasteiger partial charge in [0.25, 0.3) is 0 Å². The average molecular weight is 245 g/mol. The highest BCUT2D eigenvalue weighted by molar-refractivity contribution is 5.70. The zero-order valence-electron chi connectivity index (χ0n) is 11.2. The van der Waals surface area contributed by atoms with Crippen molar-refractivity contribution in [1.29, 1.82) is 0 Å². The number of likely N-dealkylation sites (tertiary alicyclic amines) is 1. The number of nitrogens with one attached hydrogen (secondary N) is 1. The summed E-state index contributed by atoms with van der Waals surface area (Å²) in [6, 6.07) is 6.03. The molecule has 0 atom stereocenters. The number of nitrogen functional groups attached to an aromatic ring is 1. The number of nitrogens with zero attached hydrogens (tertiary/aromatic N) is 1. The van der Waals surface area contributed by atoms with Crippen molar-refractivity contribution in [3.05, 3.63) is 29.8 Å². The lowest BCUT2D eigenvalue weighted by molar-refractivity contribution is 0.352. The van der Waals surface area contributed by atoms with Gasteiger partial charge >= 0.3 is 0 Å². The minimum Gasteiger partial charge on any atom is -0.399 e. The van der Waals surface area contributed by atoms with Crippen LogP contribution in [0.5, 0.6) is 0 Å². The van der Waals surface area contributed by atoms with Crippen molar-refractivity contribution in [3.8, 4) is 0 Å². The molecule has 0 amide bonds. The van der Waals surface area contributed by atoms with E-state index in [0.717, 1.165) is 18.8 Å². The smallest absolute Gasteiger partial charge is 0.0415 e. The maximum Gasteiger partial charge on any atom is 0.0415 e. The third-order valence-corrected chi connectivity index (χ3v) is 3.36. The Morgan fingerprint density at radius 2 is 2.11 bits per heavy atom. The van der Waals surface area contributed by atoms with Gasteiger partial charge in [0.2, 0.25) is 0 Å². The molecule has 0 bridgehead atoms. The Balaban J connectivity index is 1.91. The van der Waals surface area contributed by atoms with Gasteiger partial charge in [0.05, 0.1) is 0 Å². The van der Waals surface area contributed by atoms with Crippen LogP contribution in [0.15, 0.2) is 24.3 Å². The maximum absolute atomic E-state index is 5.82. The van der Waals surface area contributed by atoms with Crippen LogP contribution in [-0.4, -0.2) is 31.1 Å². The summed E-state index contributed by atoms with van der Waals surface area (Å²) in [5, 5.41) is 3.50. The molecule has 0 radical (unpaired) electrons. The van der Waals surface area contributed by atoms with Gasteiger partial charge in [-0.2, -0.15) is 0 Å². The predicted molar refractivity (Wildman–Crippen MR) is 79.7 cm³/mol. The van der Waals surface area contributed by atoms with E-state index in [2.05, 4.69) is 22.4 Å². The molecule has 0 aliphatic carbocycles. The van der Waals surface area contributed by atoms with Crippen molar-refractivity contribution in [3.63, 3.8) is 0 Å². The Kier molecular flexibility index (Phi) is 4.65. The van der Waals surface area contributed by atoms with E-state index in [0.29, 0.717) is 0 Å². The molecule has 1 aromatic carbocycles. The minimum atomic E-state index is 0.813.